The van der Waals surface area contributed by atoms with Gasteiger partial charge in [-0.25, -0.2) is 13.1 Å². The van der Waals surface area contributed by atoms with Crippen LogP contribution in [-0.4, -0.2) is 49.2 Å². The Labute approximate surface area is 266 Å². The standard InChI is InChI=1S/C34H45ClN2O6S/c1-22-7-6-15-34(40,19-23(2)38)30-13-10-27(30)20-37-16-5-4-8-25-17-29(35)12-9-28(25)21-43-32-14-11-26(18-31(32)37)33(39)36-44(41,42)24(22)3/h9,11-12,14,17-18,22,24,27,30,40H,4-8,10,13,15-16,19-21H2,1-3H3,(H,36,39)/t22-,24+,27-,30+,34+/m0/s1. The van der Waals surface area contributed by atoms with Gasteiger partial charge in [-0.1, -0.05) is 31.0 Å². The number of fused-ring (bicyclic) bond motifs is 3. The molecule has 44 heavy (non-hydrogen) atoms. The molecule has 2 aromatic rings. The number of halogens is 1. The second-order valence-corrected chi connectivity index (χ2v) is 15.7. The van der Waals surface area contributed by atoms with Crippen LogP contribution in [0.1, 0.15) is 93.6 Å². The Balaban J connectivity index is 1.56. The molecule has 0 aromatic heterocycles. The number of amides is 1. The van der Waals surface area contributed by atoms with Gasteiger partial charge in [-0.15, -0.1) is 0 Å². The van der Waals surface area contributed by atoms with Crippen LogP contribution in [0.25, 0.3) is 0 Å². The normalized spacial score (nSPS) is 29.5. The highest BCUT2D eigenvalue weighted by molar-refractivity contribution is 7.90. The number of carbonyl (C=O) groups excluding carboxylic acids is 2. The summed E-state index contributed by atoms with van der Waals surface area (Å²) in [6.45, 7) is 6.65. The van der Waals surface area contributed by atoms with Gasteiger partial charge in [-0.2, -0.15) is 0 Å². The summed E-state index contributed by atoms with van der Waals surface area (Å²) in [4.78, 5) is 28.0. The summed E-state index contributed by atoms with van der Waals surface area (Å²) in [5.41, 5.74) is 2.02. The fourth-order valence-electron chi connectivity index (χ4n) is 7.25. The summed E-state index contributed by atoms with van der Waals surface area (Å²) in [5, 5.41) is 11.9. The Bertz CT molecular complexity index is 1500. The van der Waals surface area contributed by atoms with E-state index in [2.05, 4.69) is 9.62 Å². The molecular formula is C34H45ClN2O6S. The number of Topliss-reactive ketones (excluding diaryl/α,β-unsaturated/α-hetero) is 1. The Morgan fingerprint density at radius 1 is 1.09 bits per heavy atom. The molecule has 0 unspecified atom stereocenters. The largest absolute Gasteiger partial charge is 0.487 e. The molecule has 1 aliphatic carbocycles. The van der Waals surface area contributed by atoms with Crippen molar-refractivity contribution in [2.75, 3.05) is 18.0 Å². The first-order valence-corrected chi connectivity index (χ1v) is 17.9. The van der Waals surface area contributed by atoms with Crippen molar-refractivity contribution in [1.29, 1.82) is 0 Å². The first-order valence-electron chi connectivity index (χ1n) is 15.9. The lowest BCUT2D eigenvalue weighted by Gasteiger charge is -2.49. The third-order valence-electron chi connectivity index (χ3n) is 10.2. The third kappa shape index (κ3) is 7.26. The molecule has 8 nitrogen and oxygen atoms in total. The van der Waals surface area contributed by atoms with E-state index in [9.17, 15) is 23.1 Å². The number of nitrogens with one attached hydrogen (secondary N) is 1. The summed E-state index contributed by atoms with van der Waals surface area (Å²) in [6, 6.07) is 10.9. The molecule has 1 amide bonds. The lowest BCUT2D eigenvalue weighted by Crippen LogP contribution is -2.52. The molecule has 2 N–H and O–H groups in total. The van der Waals surface area contributed by atoms with Crippen LogP contribution in [0, 0.1) is 17.8 Å². The molecule has 3 aliphatic rings. The van der Waals surface area contributed by atoms with Crippen molar-refractivity contribution in [3.8, 4) is 5.75 Å². The van der Waals surface area contributed by atoms with Gasteiger partial charge in [0, 0.05) is 30.1 Å². The van der Waals surface area contributed by atoms with Gasteiger partial charge in [0.25, 0.3) is 5.91 Å². The molecule has 2 aliphatic heterocycles. The number of benzene rings is 2. The van der Waals surface area contributed by atoms with E-state index < -0.39 is 26.8 Å². The Morgan fingerprint density at radius 3 is 2.61 bits per heavy atom. The smallest absolute Gasteiger partial charge is 0.264 e. The highest BCUT2D eigenvalue weighted by Crippen LogP contribution is 2.47. The van der Waals surface area contributed by atoms with E-state index in [1.807, 2.05) is 25.1 Å². The summed E-state index contributed by atoms with van der Waals surface area (Å²) in [7, 11) is -3.96. The second kappa shape index (κ2) is 13.4. The van der Waals surface area contributed by atoms with Crippen LogP contribution < -0.4 is 14.4 Å². The summed E-state index contributed by atoms with van der Waals surface area (Å²) in [5.74, 6) is -0.235. The summed E-state index contributed by atoms with van der Waals surface area (Å²) < 4.78 is 35.3. The minimum Gasteiger partial charge on any atom is -0.487 e. The SMILES string of the molecule is CC(=O)C[C@]1(O)CCC[C@H](C)[C@@H](C)S(=O)(=O)NC(=O)c2ccc3c(c2)N(CCCCc2cc(Cl)ccc2CO3)C[C@@H]2CC[C@H]21. The molecule has 0 saturated heterocycles. The first-order chi connectivity index (χ1) is 20.9. The number of hydrogen-bond donors (Lipinski definition) is 2. The maximum absolute atomic E-state index is 13.4. The van der Waals surface area contributed by atoms with Gasteiger partial charge in [-0.05, 0) is 118 Å². The van der Waals surface area contributed by atoms with Crippen LogP contribution in [0.3, 0.4) is 0 Å². The van der Waals surface area contributed by atoms with Gasteiger partial charge in [-0.3, -0.25) is 9.59 Å². The number of anilines is 1. The number of aryl methyl sites for hydroxylation is 1. The van der Waals surface area contributed by atoms with E-state index in [1.165, 1.54) is 6.92 Å². The zero-order chi connectivity index (χ0) is 31.6. The molecule has 1 fully saturated rings. The molecule has 2 bridgehead atoms. The maximum Gasteiger partial charge on any atom is 0.264 e. The van der Waals surface area contributed by atoms with Gasteiger partial charge in [0.1, 0.15) is 18.1 Å². The molecule has 240 valence electrons. The van der Waals surface area contributed by atoms with Crippen LogP contribution in [0.5, 0.6) is 5.75 Å². The average Bonchev–Trinajstić information content (AvgIpc) is 2.96. The van der Waals surface area contributed by atoms with Crippen molar-refractivity contribution in [2.24, 2.45) is 17.8 Å². The lowest BCUT2D eigenvalue weighted by molar-refractivity contribution is -0.132. The fraction of sp³-hybridized carbons (Fsp3) is 0.588. The van der Waals surface area contributed by atoms with Gasteiger partial charge in [0.15, 0.2) is 0 Å². The fourth-order valence-corrected chi connectivity index (χ4v) is 8.75. The molecule has 2 aromatic carbocycles. The zero-order valence-corrected chi connectivity index (χ0v) is 27.6. The van der Waals surface area contributed by atoms with E-state index in [0.717, 1.165) is 48.9 Å². The molecule has 0 radical (unpaired) electrons. The van der Waals surface area contributed by atoms with E-state index in [-0.39, 0.29) is 35.5 Å². The zero-order valence-electron chi connectivity index (χ0n) is 26.0. The molecule has 5 atom stereocenters. The summed E-state index contributed by atoms with van der Waals surface area (Å²) >= 11 is 6.32. The minimum absolute atomic E-state index is 0.0439. The van der Waals surface area contributed by atoms with Crippen molar-refractivity contribution < 1.29 is 27.9 Å². The van der Waals surface area contributed by atoms with Crippen molar-refractivity contribution in [2.45, 2.75) is 96.0 Å². The molecule has 5 rings (SSSR count). The van der Waals surface area contributed by atoms with Crippen LogP contribution >= 0.6 is 11.6 Å². The van der Waals surface area contributed by atoms with Crippen molar-refractivity contribution >= 4 is 39.0 Å². The molecule has 1 saturated carbocycles. The maximum atomic E-state index is 13.4. The van der Waals surface area contributed by atoms with E-state index in [4.69, 9.17) is 16.3 Å². The molecule has 0 spiro atoms. The summed E-state index contributed by atoms with van der Waals surface area (Å²) in [6.07, 6.45) is 6.11. The Hall–Kier alpha value is -2.62. The average molecular weight is 645 g/mol. The molecule has 2 heterocycles. The van der Waals surface area contributed by atoms with Crippen LogP contribution in [0.4, 0.5) is 5.69 Å². The van der Waals surface area contributed by atoms with Gasteiger partial charge in [0.2, 0.25) is 10.0 Å². The van der Waals surface area contributed by atoms with Crippen molar-refractivity contribution in [1.82, 2.24) is 4.72 Å². The van der Waals surface area contributed by atoms with Crippen LogP contribution in [0.15, 0.2) is 36.4 Å². The number of hydrogen-bond acceptors (Lipinski definition) is 7. The van der Waals surface area contributed by atoms with E-state index in [1.54, 1.807) is 25.1 Å². The quantitative estimate of drug-likeness (QED) is 0.408. The molecular weight excluding hydrogens is 600 g/mol. The predicted octanol–water partition coefficient (Wildman–Crippen LogP) is 6.07. The van der Waals surface area contributed by atoms with Gasteiger partial charge < -0.3 is 14.7 Å². The number of rotatable bonds is 2. The van der Waals surface area contributed by atoms with E-state index >= 15 is 0 Å². The Kier molecular flexibility index (Phi) is 9.97. The predicted molar refractivity (Wildman–Crippen MR) is 173 cm³/mol. The monoisotopic (exact) mass is 644 g/mol. The lowest BCUT2D eigenvalue weighted by atomic mass is 9.61. The van der Waals surface area contributed by atoms with Gasteiger partial charge in [0.05, 0.1) is 16.5 Å². The second-order valence-electron chi connectivity index (χ2n) is 13.3. The number of carbonyl (C=O) groups is 2. The number of ketones is 1. The highest BCUT2D eigenvalue weighted by atomic mass is 35.5. The minimum atomic E-state index is -3.96. The Morgan fingerprint density at radius 2 is 1.89 bits per heavy atom. The number of aliphatic hydroxyl groups is 1. The number of nitrogens with zero attached hydrogens (tertiary/aromatic N) is 1. The number of ether oxygens (including phenoxy) is 1. The van der Waals surface area contributed by atoms with Crippen LogP contribution in [0.2, 0.25) is 5.02 Å². The van der Waals surface area contributed by atoms with Crippen molar-refractivity contribution in [3.05, 3.63) is 58.1 Å². The van der Waals surface area contributed by atoms with Crippen LogP contribution in [-0.2, 0) is 27.8 Å². The van der Waals surface area contributed by atoms with Gasteiger partial charge >= 0.3 is 0 Å². The van der Waals surface area contributed by atoms with Crippen molar-refractivity contribution in [3.63, 3.8) is 0 Å². The topological polar surface area (TPSA) is 113 Å². The number of sulfonamides is 1. The third-order valence-corrected chi connectivity index (χ3v) is 12.3. The van der Waals surface area contributed by atoms with E-state index in [0.29, 0.717) is 49.7 Å². The highest BCUT2D eigenvalue weighted by Gasteiger charge is 2.47. The molecule has 10 heteroatoms. The first kappa shape index (κ1) is 32.8.